The summed E-state index contributed by atoms with van der Waals surface area (Å²) >= 11 is 0. The van der Waals surface area contributed by atoms with Crippen molar-refractivity contribution in [3.63, 3.8) is 0 Å². The minimum absolute atomic E-state index is 0.177. The van der Waals surface area contributed by atoms with Gasteiger partial charge in [0.1, 0.15) is 0 Å². The number of carbonyl (C=O) groups excluding carboxylic acids is 1. The zero-order valence-corrected chi connectivity index (χ0v) is 14.7. The number of nitrogens with zero attached hydrogens (tertiary/aromatic N) is 4. The maximum absolute atomic E-state index is 12.2. The highest BCUT2D eigenvalue weighted by Crippen LogP contribution is 2.55. The van der Waals surface area contributed by atoms with Crippen LogP contribution in [0.2, 0.25) is 0 Å². The molecule has 134 valence electrons. The smallest absolute Gasteiger partial charge is 0.315 e. The normalized spacial score (nSPS) is 27.6. The summed E-state index contributed by atoms with van der Waals surface area (Å²) in [5.41, 5.74) is 0.865. The molecule has 0 aliphatic heterocycles. The predicted octanol–water partition coefficient (Wildman–Crippen LogP) is 1.76. The van der Waals surface area contributed by atoms with Gasteiger partial charge in [-0.25, -0.2) is 4.79 Å². The number of methoxy groups -OCH3 is 1. The highest BCUT2D eigenvalue weighted by atomic mass is 16.5. The summed E-state index contributed by atoms with van der Waals surface area (Å²) in [6.07, 6.45) is 5.24. The molecule has 2 aliphatic carbocycles. The van der Waals surface area contributed by atoms with Gasteiger partial charge in [0, 0.05) is 12.6 Å². The quantitative estimate of drug-likeness (QED) is 0.862. The Morgan fingerprint density at radius 3 is 2.96 bits per heavy atom. The fraction of sp³-hybridized carbons (Fsp3) is 0.647. The number of nitrogens with one attached hydrogen (secondary N) is 2. The Balaban J connectivity index is 1.33. The number of hydrogen-bond donors (Lipinski definition) is 2. The van der Waals surface area contributed by atoms with E-state index in [0.29, 0.717) is 17.4 Å². The predicted molar refractivity (Wildman–Crippen MR) is 91.1 cm³/mol. The minimum atomic E-state index is -0.177. The number of urea groups is 1. The summed E-state index contributed by atoms with van der Waals surface area (Å²) in [6.45, 7) is 3.29. The monoisotopic (exact) mass is 344 g/mol. The van der Waals surface area contributed by atoms with E-state index in [-0.39, 0.29) is 18.0 Å². The standard InChI is InChI=1S/C17H24N6O2/c1-17(8-11-3-4-12(17)7-11)10-19-16(24)18-9-14-21-20-13-5-6-15(25-2)22-23(13)14/h5-6,11-12H,3-4,7-10H2,1-2H3,(H2,18,19,24). The number of aromatic nitrogens is 4. The zero-order chi connectivity index (χ0) is 17.4. The van der Waals surface area contributed by atoms with Gasteiger partial charge in [-0.1, -0.05) is 13.3 Å². The molecule has 3 unspecified atom stereocenters. The third-order valence-electron chi connectivity index (χ3n) is 5.85. The van der Waals surface area contributed by atoms with Crippen molar-refractivity contribution in [2.75, 3.05) is 13.7 Å². The van der Waals surface area contributed by atoms with E-state index in [2.05, 4.69) is 32.9 Å². The van der Waals surface area contributed by atoms with Crippen molar-refractivity contribution >= 4 is 11.7 Å². The zero-order valence-electron chi connectivity index (χ0n) is 14.7. The Bertz CT molecular complexity index is 791. The molecule has 2 saturated carbocycles. The van der Waals surface area contributed by atoms with Gasteiger partial charge in [0.05, 0.1) is 13.7 Å². The molecule has 0 saturated heterocycles. The molecule has 2 fully saturated rings. The van der Waals surface area contributed by atoms with Crippen LogP contribution < -0.4 is 15.4 Å². The van der Waals surface area contributed by atoms with Crippen molar-refractivity contribution in [3.8, 4) is 5.88 Å². The second-order valence-electron chi connectivity index (χ2n) is 7.53. The van der Waals surface area contributed by atoms with Crippen LogP contribution in [0.1, 0.15) is 38.4 Å². The largest absolute Gasteiger partial charge is 0.480 e. The summed E-state index contributed by atoms with van der Waals surface area (Å²) < 4.78 is 6.70. The van der Waals surface area contributed by atoms with Gasteiger partial charge >= 0.3 is 6.03 Å². The van der Waals surface area contributed by atoms with Crippen molar-refractivity contribution in [3.05, 3.63) is 18.0 Å². The summed E-state index contributed by atoms with van der Waals surface area (Å²) in [6, 6.07) is 3.33. The molecule has 2 N–H and O–H groups in total. The topological polar surface area (TPSA) is 93.4 Å². The van der Waals surface area contributed by atoms with Crippen molar-refractivity contribution in [1.29, 1.82) is 0 Å². The molecule has 4 rings (SSSR count). The van der Waals surface area contributed by atoms with E-state index in [1.54, 1.807) is 23.8 Å². The van der Waals surface area contributed by atoms with Crippen molar-refractivity contribution in [1.82, 2.24) is 30.4 Å². The molecule has 2 aromatic rings. The van der Waals surface area contributed by atoms with Crippen LogP contribution in [0.25, 0.3) is 5.65 Å². The van der Waals surface area contributed by atoms with E-state index in [1.807, 2.05) is 0 Å². The molecular weight excluding hydrogens is 320 g/mol. The lowest BCUT2D eigenvalue weighted by Crippen LogP contribution is -2.43. The van der Waals surface area contributed by atoms with Gasteiger partial charge in [-0.05, 0) is 42.6 Å². The molecule has 0 radical (unpaired) electrons. The van der Waals surface area contributed by atoms with E-state index < -0.39 is 0 Å². The van der Waals surface area contributed by atoms with E-state index >= 15 is 0 Å². The lowest BCUT2D eigenvalue weighted by molar-refractivity contribution is 0.180. The third kappa shape index (κ3) is 3.01. The first-order valence-corrected chi connectivity index (χ1v) is 8.84. The maximum atomic E-state index is 12.2. The summed E-state index contributed by atoms with van der Waals surface area (Å²) in [5.74, 6) is 2.66. The van der Waals surface area contributed by atoms with E-state index in [0.717, 1.165) is 18.4 Å². The molecule has 2 amide bonds. The molecule has 0 spiro atoms. The van der Waals surface area contributed by atoms with Gasteiger partial charge in [0.2, 0.25) is 5.88 Å². The van der Waals surface area contributed by atoms with Crippen LogP contribution in [0.15, 0.2) is 12.1 Å². The Kier molecular flexibility index (Phi) is 3.97. The molecule has 2 aromatic heterocycles. The van der Waals surface area contributed by atoms with Gasteiger partial charge in [-0.15, -0.1) is 15.3 Å². The molecule has 8 heteroatoms. The fourth-order valence-corrected chi connectivity index (χ4v) is 4.48. The lowest BCUT2D eigenvalue weighted by atomic mass is 9.75. The van der Waals surface area contributed by atoms with Crippen LogP contribution in [-0.2, 0) is 6.54 Å². The van der Waals surface area contributed by atoms with Crippen molar-refractivity contribution < 1.29 is 9.53 Å². The second-order valence-corrected chi connectivity index (χ2v) is 7.53. The summed E-state index contributed by atoms with van der Waals surface area (Å²) in [7, 11) is 1.56. The first-order valence-electron chi connectivity index (χ1n) is 8.84. The van der Waals surface area contributed by atoms with Crippen LogP contribution in [0.3, 0.4) is 0 Å². The molecular formula is C17H24N6O2. The van der Waals surface area contributed by atoms with E-state index in [4.69, 9.17) is 4.74 Å². The maximum Gasteiger partial charge on any atom is 0.315 e. The Labute approximate surface area is 146 Å². The van der Waals surface area contributed by atoms with E-state index in [9.17, 15) is 4.79 Å². The number of rotatable bonds is 5. The number of fused-ring (bicyclic) bond motifs is 3. The number of ether oxygens (including phenoxy) is 1. The molecule has 8 nitrogen and oxygen atoms in total. The molecule has 3 atom stereocenters. The highest BCUT2D eigenvalue weighted by molar-refractivity contribution is 5.73. The van der Waals surface area contributed by atoms with Gasteiger partial charge in [0.15, 0.2) is 11.5 Å². The Morgan fingerprint density at radius 1 is 1.36 bits per heavy atom. The first kappa shape index (κ1) is 16.1. The number of amides is 2. The summed E-state index contributed by atoms with van der Waals surface area (Å²) in [5, 5.41) is 18.3. The van der Waals surface area contributed by atoms with Crippen LogP contribution in [-0.4, -0.2) is 39.5 Å². The Morgan fingerprint density at radius 2 is 2.24 bits per heavy atom. The average Bonchev–Trinajstić information content (AvgIpc) is 3.32. The molecule has 2 heterocycles. The highest BCUT2D eigenvalue weighted by Gasteiger charge is 2.47. The summed E-state index contributed by atoms with van der Waals surface area (Å²) in [4.78, 5) is 12.2. The van der Waals surface area contributed by atoms with E-state index in [1.165, 1.54) is 25.7 Å². The molecule has 25 heavy (non-hydrogen) atoms. The SMILES string of the molecule is COc1ccc2nnc(CNC(=O)NCC3(C)CC4CCC3C4)n2n1. The lowest BCUT2D eigenvalue weighted by Gasteiger charge is -2.34. The first-order chi connectivity index (χ1) is 12.1. The number of carbonyl (C=O) groups is 1. The van der Waals surface area contributed by atoms with Gasteiger partial charge < -0.3 is 15.4 Å². The van der Waals surface area contributed by atoms with Crippen LogP contribution in [0, 0.1) is 17.3 Å². The molecule has 2 aliphatic rings. The van der Waals surface area contributed by atoms with Gasteiger partial charge in [-0.3, -0.25) is 0 Å². The molecule has 0 aromatic carbocycles. The van der Waals surface area contributed by atoms with Crippen molar-refractivity contribution in [2.45, 2.75) is 39.2 Å². The van der Waals surface area contributed by atoms with Crippen LogP contribution >= 0.6 is 0 Å². The Hall–Kier alpha value is -2.38. The van der Waals surface area contributed by atoms with Gasteiger partial charge in [0.25, 0.3) is 0 Å². The average molecular weight is 344 g/mol. The fourth-order valence-electron chi connectivity index (χ4n) is 4.48. The third-order valence-corrected chi connectivity index (χ3v) is 5.85. The second kappa shape index (κ2) is 6.16. The van der Waals surface area contributed by atoms with Crippen LogP contribution in [0.4, 0.5) is 4.79 Å². The van der Waals surface area contributed by atoms with Crippen LogP contribution in [0.5, 0.6) is 5.88 Å². The minimum Gasteiger partial charge on any atom is -0.480 e. The van der Waals surface area contributed by atoms with Crippen molar-refractivity contribution in [2.24, 2.45) is 17.3 Å². The molecule has 2 bridgehead atoms. The number of hydrogen-bond acceptors (Lipinski definition) is 5. The van der Waals surface area contributed by atoms with Gasteiger partial charge in [-0.2, -0.15) is 4.52 Å².